The van der Waals surface area contributed by atoms with Crippen LogP contribution in [-0.4, -0.2) is 35.7 Å². The van der Waals surface area contributed by atoms with Gasteiger partial charge in [-0.2, -0.15) is 0 Å². The summed E-state index contributed by atoms with van der Waals surface area (Å²) >= 11 is 0. The lowest BCUT2D eigenvalue weighted by Crippen LogP contribution is -2.63. The summed E-state index contributed by atoms with van der Waals surface area (Å²) in [6.45, 7) is 5.99. The normalized spacial score (nSPS) is 13.7. The van der Waals surface area contributed by atoms with Gasteiger partial charge in [-0.3, -0.25) is 9.59 Å². The fraction of sp³-hybridized carbons (Fsp3) is 0.636. The van der Waals surface area contributed by atoms with Gasteiger partial charge in [0.05, 0.1) is 17.6 Å². The molecule has 0 radical (unpaired) electrons. The van der Waals surface area contributed by atoms with E-state index in [9.17, 15) is 19.1 Å². The predicted octanol–water partition coefficient (Wildman–Crippen LogP) is 3.63. The summed E-state index contributed by atoms with van der Waals surface area (Å²) < 4.78 is 18.4. The minimum atomic E-state index is -1.16. The van der Waals surface area contributed by atoms with Crippen molar-refractivity contribution in [3.05, 3.63) is 35.6 Å². The molecule has 1 aromatic rings. The molecule has 4 N–H and O–H groups in total. The maximum absolute atomic E-state index is 12.8. The van der Waals surface area contributed by atoms with Crippen molar-refractivity contribution in [2.24, 2.45) is 11.1 Å². The molecule has 0 saturated carbocycles. The van der Waals surface area contributed by atoms with Gasteiger partial charge < -0.3 is 20.9 Å². The third-order valence-corrected chi connectivity index (χ3v) is 5.61. The molecule has 0 aliphatic heterocycles. The molecule has 1 rings (SSSR count). The molecule has 164 valence electrons. The number of carboxylic acid groups (broad SMARTS) is 1. The van der Waals surface area contributed by atoms with Crippen LogP contribution in [0.3, 0.4) is 0 Å². The number of carbonyl (C=O) groups excluding carboxylic acids is 1. The van der Waals surface area contributed by atoms with Gasteiger partial charge in [0.1, 0.15) is 5.82 Å². The molecule has 1 unspecified atom stereocenters. The van der Waals surface area contributed by atoms with Crippen molar-refractivity contribution in [1.82, 2.24) is 5.32 Å². The minimum absolute atomic E-state index is 0.0515. The second-order valence-electron chi connectivity index (χ2n) is 8.21. The Morgan fingerprint density at radius 3 is 2.24 bits per heavy atom. The Morgan fingerprint density at radius 2 is 1.66 bits per heavy atom. The van der Waals surface area contributed by atoms with Crippen molar-refractivity contribution >= 4 is 11.9 Å². The van der Waals surface area contributed by atoms with E-state index in [2.05, 4.69) is 5.32 Å². The fourth-order valence-electron chi connectivity index (χ4n) is 2.86. The van der Waals surface area contributed by atoms with Crippen molar-refractivity contribution in [2.75, 3.05) is 13.2 Å². The number of carboxylic acids is 1. The van der Waals surface area contributed by atoms with Gasteiger partial charge in [0.25, 0.3) is 0 Å². The fourth-order valence-corrected chi connectivity index (χ4v) is 2.86. The van der Waals surface area contributed by atoms with Crippen molar-refractivity contribution in [3.63, 3.8) is 0 Å². The summed E-state index contributed by atoms with van der Waals surface area (Å²) in [5, 5.41) is 12.2. The van der Waals surface area contributed by atoms with E-state index in [0.717, 1.165) is 37.7 Å². The van der Waals surface area contributed by atoms with Gasteiger partial charge in [0.2, 0.25) is 5.91 Å². The van der Waals surface area contributed by atoms with Crippen LogP contribution in [0.5, 0.6) is 0 Å². The summed E-state index contributed by atoms with van der Waals surface area (Å²) in [5.41, 5.74) is 4.54. The summed E-state index contributed by atoms with van der Waals surface area (Å²) in [5.74, 6) is -1.41. The predicted molar refractivity (Wildman–Crippen MR) is 111 cm³/mol. The van der Waals surface area contributed by atoms with Crippen LogP contribution in [0.25, 0.3) is 0 Å². The number of carbonyl (C=O) groups is 2. The van der Waals surface area contributed by atoms with Gasteiger partial charge in [0, 0.05) is 19.6 Å². The highest BCUT2D eigenvalue weighted by molar-refractivity contribution is 5.80. The zero-order chi connectivity index (χ0) is 21.9. The molecule has 0 aromatic heterocycles. The highest BCUT2D eigenvalue weighted by atomic mass is 19.1. The van der Waals surface area contributed by atoms with E-state index < -0.39 is 16.9 Å². The van der Waals surface area contributed by atoms with Gasteiger partial charge in [-0.15, -0.1) is 0 Å². The van der Waals surface area contributed by atoms with Gasteiger partial charge >= 0.3 is 5.97 Å². The summed E-state index contributed by atoms with van der Waals surface area (Å²) in [6.07, 6.45) is 4.97. The summed E-state index contributed by atoms with van der Waals surface area (Å²) in [6, 6.07) is 6.28. The third kappa shape index (κ3) is 8.11. The lowest BCUT2D eigenvalue weighted by molar-refractivity contribution is -0.152. The van der Waals surface area contributed by atoms with Crippen LogP contribution in [0.4, 0.5) is 4.39 Å². The lowest BCUT2D eigenvalue weighted by atomic mass is 9.73. The molecule has 0 aliphatic rings. The number of hydrogen-bond donors (Lipinski definition) is 3. The van der Waals surface area contributed by atoms with E-state index in [-0.39, 0.29) is 18.3 Å². The van der Waals surface area contributed by atoms with E-state index in [4.69, 9.17) is 10.5 Å². The number of amides is 1. The zero-order valence-electron chi connectivity index (χ0n) is 17.8. The molecular formula is C22H35FN2O4. The lowest BCUT2D eigenvalue weighted by Gasteiger charge is -2.41. The van der Waals surface area contributed by atoms with Crippen molar-refractivity contribution in [3.8, 4) is 0 Å². The smallest absolute Gasteiger partial charge is 0.311 e. The second-order valence-corrected chi connectivity index (χ2v) is 8.21. The summed E-state index contributed by atoms with van der Waals surface area (Å²) in [4.78, 5) is 23.7. The van der Waals surface area contributed by atoms with Crippen LogP contribution < -0.4 is 11.1 Å². The number of halogens is 1. The number of hydrogen-bond acceptors (Lipinski definition) is 4. The number of benzene rings is 1. The third-order valence-electron chi connectivity index (χ3n) is 5.61. The summed E-state index contributed by atoms with van der Waals surface area (Å²) in [7, 11) is 0. The van der Waals surface area contributed by atoms with E-state index in [1.165, 1.54) is 12.1 Å². The molecule has 6 nitrogen and oxygen atoms in total. The van der Waals surface area contributed by atoms with Crippen molar-refractivity contribution < 1.29 is 23.8 Å². The first kappa shape index (κ1) is 25.0. The molecule has 7 heteroatoms. The van der Waals surface area contributed by atoms with Crippen LogP contribution in [0, 0.1) is 11.2 Å². The van der Waals surface area contributed by atoms with Crippen LogP contribution >= 0.6 is 0 Å². The maximum Gasteiger partial charge on any atom is 0.311 e. The van der Waals surface area contributed by atoms with Gasteiger partial charge in [0.15, 0.2) is 0 Å². The maximum atomic E-state index is 12.8. The van der Waals surface area contributed by atoms with E-state index in [1.807, 2.05) is 0 Å². The van der Waals surface area contributed by atoms with Crippen molar-refractivity contribution in [2.45, 2.75) is 71.4 Å². The molecule has 1 amide bonds. The number of nitrogens with two attached hydrogens (primary N) is 1. The first-order valence-corrected chi connectivity index (χ1v) is 10.2. The molecule has 1 aromatic carbocycles. The Kier molecular flexibility index (Phi) is 10.3. The topological polar surface area (TPSA) is 102 Å². The quantitative estimate of drug-likeness (QED) is 0.407. The largest absolute Gasteiger partial charge is 0.481 e. The van der Waals surface area contributed by atoms with Crippen LogP contribution in [0.1, 0.15) is 64.9 Å². The van der Waals surface area contributed by atoms with E-state index in [1.54, 1.807) is 32.9 Å². The van der Waals surface area contributed by atoms with Gasteiger partial charge in [-0.25, -0.2) is 4.39 Å². The zero-order valence-corrected chi connectivity index (χ0v) is 17.8. The molecule has 0 bridgehead atoms. The number of unbranched alkanes of at least 4 members (excludes halogenated alkanes) is 4. The molecule has 0 aliphatic carbocycles. The average Bonchev–Trinajstić information content (AvgIpc) is 2.67. The highest BCUT2D eigenvalue weighted by Gasteiger charge is 2.46. The Balaban J connectivity index is 2.14. The number of ether oxygens (including phenoxy) is 1. The van der Waals surface area contributed by atoms with Crippen LogP contribution in [0.15, 0.2) is 24.3 Å². The number of rotatable bonds is 14. The molecule has 1 atom stereocenters. The molecule has 29 heavy (non-hydrogen) atoms. The Hall–Kier alpha value is -1.99. The van der Waals surface area contributed by atoms with Crippen LogP contribution in [0.2, 0.25) is 0 Å². The molecule has 0 heterocycles. The Bertz CT molecular complexity index is 649. The molecule has 0 saturated heterocycles. The molecule has 0 spiro atoms. The average molecular weight is 411 g/mol. The van der Waals surface area contributed by atoms with Gasteiger partial charge in [-0.1, -0.05) is 31.4 Å². The van der Waals surface area contributed by atoms with Crippen LogP contribution in [-0.2, 0) is 20.9 Å². The Labute approximate surface area is 173 Å². The Morgan fingerprint density at radius 1 is 1.07 bits per heavy atom. The monoisotopic (exact) mass is 410 g/mol. The molecular weight excluding hydrogens is 375 g/mol. The first-order chi connectivity index (χ1) is 13.6. The highest BCUT2D eigenvalue weighted by Crippen LogP contribution is 2.30. The van der Waals surface area contributed by atoms with E-state index >= 15 is 0 Å². The van der Waals surface area contributed by atoms with Crippen molar-refractivity contribution in [1.29, 1.82) is 0 Å². The number of aliphatic carboxylic acids is 1. The molecule has 0 fully saturated rings. The second kappa shape index (κ2) is 11.9. The van der Waals surface area contributed by atoms with Gasteiger partial charge in [-0.05, 0) is 51.3 Å². The minimum Gasteiger partial charge on any atom is -0.481 e. The standard InChI is InChI=1S/C22H35FN2O4/c1-21(2,20(27)28)22(3,16-24)25-19(26)9-7-5-4-6-8-14-29-15-17-10-12-18(23)13-11-17/h10-13H,4-9,14-16,24H2,1-3H3,(H,25,26)(H,27,28). The first-order valence-electron chi connectivity index (χ1n) is 10.2. The SMILES string of the molecule is CC(CN)(NC(=O)CCCCCCCOCc1ccc(F)cc1)C(C)(C)C(=O)O. The van der Waals surface area contributed by atoms with E-state index in [0.29, 0.717) is 19.6 Å². The number of nitrogens with one attached hydrogen (secondary N) is 1.